The van der Waals surface area contributed by atoms with Gasteiger partial charge in [0.1, 0.15) is 0 Å². The SMILES string of the molecule is CC(C)[C@@H]1CC[C@H](C)C[C@H]1C(=O)NC[C@@H]1CCCO1. The van der Waals surface area contributed by atoms with E-state index in [1.807, 2.05) is 0 Å². The molecule has 0 spiro atoms. The largest absolute Gasteiger partial charge is 0.376 e. The maximum absolute atomic E-state index is 12.4. The number of hydrogen-bond acceptors (Lipinski definition) is 2. The summed E-state index contributed by atoms with van der Waals surface area (Å²) in [5.74, 6) is 2.33. The third-order valence-electron chi connectivity index (χ3n) is 4.89. The van der Waals surface area contributed by atoms with Gasteiger partial charge in [0.25, 0.3) is 0 Å². The summed E-state index contributed by atoms with van der Waals surface area (Å²) in [4.78, 5) is 12.4. The molecule has 1 N–H and O–H groups in total. The first kappa shape index (κ1) is 14.8. The summed E-state index contributed by atoms with van der Waals surface area (Å²) in [6, 6.07) is 0. The lowest BCUT2D eigenvalue weighted by Gasteiger charge is -2.36. The molecule has 0 bridgehead atoms. The van der Waals surface area contributed by atoms with Crippen molar-refractivity contribution < 1.29 is 9.53 Å². The molecular formula is C16H29NO2. The fourth-order valence-electron chi connectivity index (χ4n) is 3.65. The first-order valence-corrected chi connectivity index (χ1v) is 7.97. The number of nitrogens with one attached hydrogen (secondary N) is 1. The van der Waals surface area contributed by atoms with Crippen LogP contribution in [0, 0.1) is 23.7 Å². The molecule has 1 saturated heterocycles. The van der Waals surface area contributed by atoms with Crippen LogP contribution in [0.25, 0.3) is 0 Å². The second-order valence-electron chi connectivity index (χ2n) is 6.81. The van der Waals surface area contributed by atoms with Crippen LogP contribution in [0.1, 0.15) is 52.9 Å². The minimum atomic E-state index is 0.213. The topological polar surface area (TPSA) is 38.3 Å². The Labute approximate surface area is 117 Å². The lowest BCUT2D eigenvalue weighted by Crippen LogP contribution is -2.42. The molecule has 1 aliphatic heterocycles. The van der Waals surface area contributed by atoms with Crippen LogP contribution in [0.15, 0.2) is 0 Å². The molecule has 0 radical (unpaired) electrons. The van der Waals surface area contributed by atoms with Gasteiger partial charge in [-0.15, -0.1) is 0 Å². The normalized spacial score (nSPS) is 35.6. The van der Waals surface area contributed by atoms with Crippen LogP contribution in [0.3, 0.4) is 0 Å². The van der Waals surface area contributed by atoms with E-state index in [0.29, 0.717) is 24.3 Å². The van der Waals surface area contributed by atoms with Gasteiger partial charge in [-0.05, 0) is 43.4 Å². The van der Waals surface area contributed by atoms with E-state index >= 15 is 0 Å². The molecule has 1 amide bonds. The van der Waals surface area contributed by atoms with Crippen molar-refractivity contribution in [2.45, 2.75) is 59.0 Å². The van der Waals surface area contributed by atoms with Gasteiger partial charge < -0.3 is 10.1 Å². The van der Waals surface area contributed by atoms with Gasteiger partial charge in [-0.3, -0.25) is 4.79 Å². The van der Waals surface area contributed by atoms with Crippen molar-refractivity contribution in [3.8, 4) is 0 Å². The molecule has 3 nitrogen and oxygen atoms in total. The van der Waals surface area contributed by atoms with E-state index in [0.717, 1.165) is 25.9 Å². The van der Waals surface area contributed by atoms with Crippen LogP contribution in [0.4, 0.5) is 0 Å². The molecule has 0 aromatic rings. The zero-order valence-corrected chi connectivity index (χ0v) is 12.7. The smallest absolute Gasteiger partial charge is 0.223 e. The molecule has 3 heteroatoms. The Morgan fingerprint density at radius 3 is 2.74 bits per heavy atom. The predicted octanol–water partition coefficient (Wildman–Crippen LogP) is 2.99. The molecule has 110 valence electrons. The van der Waals surface area contributed by atoms with Gasteiger partial charge in [0.15, 0.2) is 0 Å². The number of carbonyl (C=O) groups excluding carboxylic acids is 1. The van der Waals surface area contributed by atoms with Crippen LogP contribution in [-0.4, -0.2) is 25.2 Å². The third kappa shape index (κ3) is 3.95. The summed E-state index contributed by atoms with van der Waals surface area (Å²) in [6.45, 7) is 8.34. The number of amides is 1. The quantitative estimate of drug-likeness (QED) is 0.850. The molecule has 19 heavy (non-hydrogen) atoms. The van der Waals surface area contributed by atoms with Gasteiger partial charge in [0, 0.05) is 19.1 Å². The molecule has 1 heterocycles. The predicted molar refractivity (Wildman–Crippen MR) is 76.8 cm³/mol. The number of carbonyl (C=O) groups is 1. The first-order chi connectivity index (χ1) is 9.08. The lowest BCUT2D eigenvalue weighted by atomic mass is 9.70. The highest BCUT2D eigenvalue weighted by atomic mass is 16.5. The molecule has 2 fully saturated rings. The summed E-state index contributed by atoms with van der Waals surface area (Å²) >= 11 is 0. The third-order valence-corrected chi connectivity index (χ3v) is 4.89. The highest BCUT2D eigenvalue weighted by Crippen LogP contribution is 2.38. The van der Waals surface area contributed by atoms with E-state index in [-0.39, 0.29) is 17.9 Å². The van der Waals surface area contributed by atoms with Crippen LogP contribution < -0.4 is 5.32 Å². The highest BCUT2D eigenvalue weighted by molar-refractivity contribution is 5.79. The van der Waals surface area contributed by atoms with E-state index in [9.17, 15) is 4.79 Å². The Hall–Kier alpha value is -0.570. The second-order valence-corrected chi connectivity index (χ2v) is 6.81. The molecule has 0 unspecified atom stereocenters. The van der Waals surface area contributed by atoms with Crippen LogP contribution in [0.2, 0.25) is 0 Å². The van der Waals surface area contributed by atoms with Gasteiger partial charge >= 0.3 is 0 Å². The number of ether oxygens (including phenoxy) is 1. The van der Waals surface area contributed by atoms with Crippen molar-refractivity contribution >= 4 is 5.91 Å². The van der Waals surface area contributed by atoms with Crippen molar-refractivity contribution in [2.24, 2.45) is 23.7 Å². The Morgan fingerprint density at radius 1 is 1.32 bits per heavy atom. The molecule has 0 aromatic heterocycles. The van der Waals surface area contributed by atoms with E-state index in [1.54, 1.807) is 0 Å². The van der Waals surface area contributed by atoms with E-state index in [2.05, 4.69) is 26.1 Å². The van der Waals surface area contributed by atoms with Gasteiger partial charge in [0.2, 0.25) is 5.91 Å². The maximum atomic E-state index is 12.4. The van der Waals surface area contributed by atoms with Gasteiger partial charge in [-0.2, -0.15) is 0 Å². The Bertz CT molecular complexity index is 297. The van der Waals surface area contributed by atoms with Crippen LogP contribution in [0.5, 0.6) is 0 Å². The molecular weight excluding hydrogens is 238 g/mol. The van der Waals surface area contributed by atoms with Crippen LogP contribution in [-0.2, 0) is 9.53 Å². The van der Waals surface area contributed by atoms with E-state index in [4.69, 9.17) is 4.74 Å². The average Bonchev–Trinajstić information content (AvgIpc) is 2.88. The molecule has 0 aromatic carbocycles. The fraction of sp³-hybridized carbons (Fsp3) is 0.938. The minimum absolute atomic E-state index is 0.213. The Balaban J connectivity index is 1.86. The zero-order valence-electron chi connectivity index (χ0n) is 12.7. The number of rotatable bonds is 4. The van der Waals surface area contributed by atoms with Crippen molar-refractivity contribution in [3.63, 3.8) is 0 Å². The average molecular weight is 267 g/mol. The monoisotopic (exact) mass is 267 g/mol. The summed E-state index contributed by atoms with van der Waals surface area (Å²) in [6.07, 6.45) is 6.02. The number of hydrogen-bond donors (Lipinski definition) is 1. The zero-order chi connectivity index (χ0) is 13.8. The molecule has 2 aliphatic rings. The summed E-state index contributed by atoms with van der Waals surface area (Å²) in [5.41, 5.74) is 0. The Kier molecular flexibility index (Phi) is 5.26. The molecule has 4 atom stereocenters. The molecule has 1 saturated carbocycles. The first-order valence-electron chi connectivity index (χ1n) is 7.97. The van der Waals surface area contributed by atoms with Crippen molar-refractivity contribution in [1.82, 2.24) is 5.32 Å². The minimum Gasteiger partial charge on any atom is -0.376 e. The van der Waals surface area contributed by atoms with Crippen molar-refractivity contribution in [3.05, 3.63) is 0 Å². The standard InChI is InChI=1S/C16H29NO2/c1-11(2)14-7-6-12(3)9-15(14)16(18)17-10-13-5-4-8-19-13/h11-15H,4-10H2,1-3H3,(H,17,18)/t12-,13-,14-,15+/m0/s1. The lowest BCUT2D eigenvalue weighted by molar-refractivity contribution is -0.129. The van der Waals surface area contributed by atoms with Gasteiger partial charge in [0.05, 0.1) is 6.10 Å². The summed E-state index contributed by atoms with van der Waals surface area (Å²) in [5, 5.41) is 3.14. The second kappa shape index (κ2) is 6.74. The molecule has 1 aliphatic carbocycles. The summed E-state index contributed by atoms with van der Waals surface area (Å²) < 4.78 is 5.57. The van der Waals surface area contributed by atoms with E-state index in [1.165, 1.54) is 12.8 Å². The van der Waals surface area contributed by atoms with E-state index < -0.39 is 0 Å². The molecule has 2 rings (SSSR count). The maximum Gasteiger partial charge on any atom is 0.223 e. The van der Waals surface area contributed by atoms with Gasteiger partial charge in [-0.25, -0.2) is 0 Å². The van der Waals surface area contributed by atoms with Crippen molar-refractivity contribution in [1.29, 1.82) is 0 Å². The van der Waals surface area contributed by atoms with Gasteiger partial charge in [-0.1, -0.05) is 27.2 Å². The summed E-state index contributed by atoms with van der Waals surface area (Å²) in [7, 11) is 0. The van der Waals surface area contributed by atoms with Crippen LogP contribution >= 0.6 is 0 Å². The Morgan fingerprint density at radius 2 is 2.11 bits per heavy atom. The van der Waals surface area contributed by atoms with Crippen molar-refractivity contribution in [2.75, 3.05) is 13.2 Å². The highest BCUT2D eigenvalue weighted by Gasteiger charge is 2.35. The fourth-order valence-corrected chi connectivity index (χ4v) is 3.65.